The topological polar surface area (TPSA) is 122 Å². The van der Waals surface area contributed by atoms with Crippen molar-refractivity contribution < 1.29 is 22.4 Å². The first-order valence-corrected chi connectivity index (χ1v) is 11.2. The summed E-state index contributed by atoms with van der Waals surface area (Å²) in [5, 5.41) is 5.53. The van der Waals surface area contributed by atoms with Gasteiger partial charge in [0.05, 0.1) is 11.3 Å². The van der Waals surface area contributed by atoms with Crippen molar-refractivity contribution in [2.75, 3.05) is 31.9 Å². The van der Waals surface area contributed by atoms with Crippen molar-refractivity contribution in [3.8, 4) is 10.6 Å². The molecule has 6 N–H and O–H groups in total. The van der Waals surface area contributed by atoms with Crippen molar-refractivity contribution in [2.24, 2.45) is 10.7 Å². The number of nitrogens with one attached hydrogen (secondary N) is 2. The van der Waals surface area contributed by atoms with Crippen LogP contribution in [0.4, 0.5) is 22.6 Å². The first-order chi connectivity index (χ1) is 16.0. The van der Waals surface area contributed by atoms with E-state index < -0.39 is 35.6 Å². The van der Waals surface area contributed by atoms with E-state index in [9.17, 15) is 22.4 Å². The molecule has 2 aromatic rings. The number of carbonyl (C=O) groups excluding carboxylic acids is 1. The summed E-state index contributed by atoms with van der Waals surface area (Å²) in [7, 11) is 0. The third kappa shape index (κ3) is 6.03. The fourth-order valence-corrected chi connectivity index (χ4v) is 4.23. The van der Waals surface area contributed by atoms with E-state index >= 15 is 0 Å². The molecular weight excluding hydrogens is 474 g/mol. The van der Waals surface area contributed by atoms with E-state index in [1.54, 1.807) is 4.90 Å². The molecule has 1 saturated heterocycles. The summed E-state index contributed by atoms with van der Waals surface area (Å²) < 4.78 is 55.4. The first-order valence-electron chi connectivity index (χ1n) is 10.3. The summed E-state index contributed by atoms with van der Waals surface area (Å²) in [5.41, 5.74) is 10.9. The van der Waals surface area contributed by atoms with Gasteiger partial charge in [0, 0.05) is 38.8 Å². The molecule has 1 atom stereocenters. The number of thiazole rings is 1. The van der Waals surface area contributed by atoms with Crippen molar-refractivity contribution in [2.45, 2.75) is 25.8 Å². The van der Waals surface area contributed by atoms with Gasteiger partial charge in [-0.3, -0.25) is 9.79 Å². The van der Waals surface area contributed by atoms with Crippen LogP contribution < -0.4 is 22.1 Å². The Morgan fingerprint density at radius 3 is 2.68 bits per heavy atom. The van der Waals surface area contributed by atoms with E-state index in [0.29, 0.717) is 19.6 Å². The van der Waals surface area contributed by atoms with Crippen molar-refractivity contribution in [3.63, 3.8) is 0 Å². The van der Waals surface area contributed by atoms with Gasteiger partial charge >= 0.3 is 0 Å². The number of aromatic nitrogens is 1. The minimum atomic E-state index is -3.08. The zero-order valence-corrected chi connectivity index (χ0v) is 19.4. The molecule has 1 unspecified atom stereocenters. The molecular formula is C21H25F4N7OS. The van der Waals surface area contributed by atoms with Crippen LogP contribution in [0.5, 0.6) is 0 Å². The van der Waals surface area contributed by atoms with Gasteiger partial charge in [0.25, 0.3) is 11.8 Å². The van der Waals surface area contributed by atoms with Gasteiger partial charge in [-0.05, 0) is 19.1 Å². The Morgan fingerprint density at radius 1 is 1.41 bits per heavy atom. The molecule has 8 nitrogen and oxygen atoms in total. The largest absolute Gasteiger partial charge is 0.403 e. The number of piperazine rings is 1. The number of nitrogens with zero attached hydrogens (tertiary/aromatic N) is 3. The Morgan fingerprint density at radius 2 is 2.09 bits per heavy atom. The number of nitrogen functional groups attached to an aromatic ring is 1. The lowest BCUT2D eigenvalue weighted by atomic mass is 10.2. The van der Waals surface area contributed by atoms with Crippen molar-refractivity contribution in [1.29, 1.82) is 0 Å². The zero-order valence-electron chi connectivity index (χ0n) is 18.5. The van der Waals surface area contributed by atoms with Crippen LogP contribution in [0.15, 0.2) is 35.1 Å². The van der Waals surface area contributed by atoms with Crippen LogP contribution in [0.25, 0.3) is 10.6 Å². The van der Waals surface area contributed by atoms with Crippen LogP contribution in [0.3, 0.4) is 0 Å². The van der Waals surface area contributed by atoms with E-state index in [1.165, 1.54) is 6.07 Å². The number of rotatable bonds is 6. The van der Waals surface area contributed by atoms with Gasteiger partial charge < -0.3 is 27.0 Å². The molecule has 34 heavy (non-hydrogen) atoms. The predicted octanol–water partition coefficient (Wildman–Crippen LogP) is 2.55. The Balaban J connectivity index is 1.89. The van der Waals surface area contributed by atoms with Gasteiger partial charge in [0.1, 0.15) is 34.0 Å². The summed E-state index contributed by atoms with van der Waals surface area (Å²) in [6.07, 6.45) is 1.04. The molecule has 1 aliphatic rings. The monoisotopic (exact) mass is 499 g/mol. The average Bonchev–Trinajstić information content (AvgIpc) is 3.13. The lowest BCUT2D eigenvalue weighted by molar-refractivity contribution is 0.0324. The molecule has 0 spiro atoms. The maximum Gasteiger partial charge on any atom is 0.277 e. The highest BCUT2D eigenvalue weighted by molar-refractivity contribution is 7.19. The van der Waals surface area contributed by atoms with Gasteiger partial charge in [-0.1, -0.05) is 17.4 Å². The Bertz CT molecular complexity index is 1090. The molecule has 0 radical (unpaired) electrons. The molecule has 0 saturated carbocycles. The normalized spacial score (nSPS) is 17.7. The van der Waals surface area contributed by atoms with Crippen molar-refractivity contribution >= 4 is 28.1 Å². The summed E-state index contributed by atoms with van der Waals surface area (Å²) in [5.74, 6) is -5.53. The van der Waals surface area contributed by atoms with Gasteiger partial charge in [0.2, 0.25) is 0 Å². The highest BCUT2D eigenvalue weighted by atomic mass is 32.1. The second-order valence-corrected chi connectivity index (χ2v) is 8.90. The van der Waals surface area contributed by atoms with Crippen LogP contribution in [-0.2, 0) is 0 Å². The SMILES string of the molecule is CC1CN(C(=NCC(C)(F)F)/C(=C\N)NC(=O)c2nc(-c3c(F)cccc3F)sc2N)CCN1. The summed E-state index contributed by atoms with van der Waals surface area (Å²) in [6.45, 7) is 3.30. The molecule has 0 bridgehead atoms. The maximum atomic E-state index is 14.1. The highest BCUT2D eigenvalue weighted by Gasteiger charge is 2.28. The first kappa shape index (κ1) is 25.4. The van der Waals surface area contributed by atoms with Gasteiger partial charge in [-0.25, -0.2) is 22.5 Å². The molecule has 1 aromatic carbocycles. The number of benzene rings is 1. The van der Waals surface area contributed by atoms with Crippen LogP contribution in [0, 0.1) is 11.6 Å². The Hall–Kier alpha value is -3.19. The van der Waals surface area contributed by atoms with Gasteiger partial charge in [0.15, 0.2) is 5.69 Å². The van der Waals surface area contributed by atoms with Crippen molar-refractivity contribution in [3.05, 3.63) is 47.4 Å². The van der Waals surface area contributed by atoms with Crippen LogP contribution in [-0.4, -0.2) is 59.8 Å². The molecule has 184 valence electrons. The smallest absolute Gasteiger partial charge is 0.277 e. The van der Waals surface area contributed by atoms with Crippen LogP contribution in [0.1, 0.15) is 24.3 Å². The number of carbonyl (C=O) groups is 1. The number of anilines is 1. The number of halogens is 4. The van der Waals surface area contributed by atoms with E-state index in [4.69, 9.17) is 11.5 Å². The standard InChI is InChI=1S/C21H25F4N7OS/c1-11-9-32(7-6-28-11)18(29-10-21(2,24)25)14(8-26)30-19(33)16-17(27)34-20(31-16)15-12(22)4-3-5-13(15)23/h3-5,8,11,28H,6-7,9-10,26-27H2,1-2H3,(H,30,33)/b14-8+,29-18?. The highest BCUT2D eigenvalue weighted by Crippen LogP contribution is 2.33. The Kier molecular flexibility index (Phi) is 7.77. The summed E-state index contributed by atoms with van der Waals surface area (Å²) >= 11 is 0.736. The lowest BCUT2D eigenvalue weighted by Crippen LogP contribution is -2.53. The molecule has 0 aliphatic carbocycles. The molecule has 2 heterocycles. The fraction of sp³-hybridized carbons (Fsp3) is 0.381. The van der Waals surface area contributed by atoms with E-state index in [2.05, 4.69) is 20.6 Å². The number of amidine groups is 1. The van der Waals surface area contributed by atoms with E-state index in [1.807, 2.05) is 6.92 Å². The quantitative estimate of drug-likeness (QED) is 0.275. The minimum Gasteiger partial charge on any atom is -0.403 e. The van der Waals surface area contributed by atoms with Crippen LogP contribution in [0.2, 0.25) is 0 Å². The maximum absolute atomic E-state index is 14.1. The molecule has 1 fully saturated rings. The third-order valence-corrected chi connectivity index (χ3v) is 5.78. The Labute approximate surface area is 197 Å². The summed E-state index contributed by atoms with van der Waals surface area (Å²) in [6, 6.07) is 3.37. The summed E-state index contributed by atoms with van der Waals surface area (Å²) in [4.78, 5) is 22.7. The molecule has 1 aliphatic heterocycles. The number of nitrogens with two attached hydrogens (primary N) is 2. The number of alkyl halides is 2. The van der Waals surface area contributed by atoms with Crippen LogP contribution >= 0.6 is 11.3 Å². The zero-order chi connectivity index (χ0) is 25.0. The van der Waals surface area contributed by atoms with E-state index in [0.717, 1.165) is 36.6 Å². The van der Waals surface area contributed by atoms with Gasteiger partial charge in [-0.2, -0.15) is 0 Å². The molecule has 13 heteroatoms. The predicted molar refractivity (Wildman–Crippen MR) is 124 cm³/mol. The van der Waals surface area contributed by atoms with Crippen molar-refractivity contribution in [1.82, 2.24) is 20.5 Å². The second kappa shape index (κ2) is 10.4. The molecule has 1 amide bonds. The second-order valence-electron chi connectivity index (χ2n) is 7.87. The lowest BCUT2D eigenvalue weighted by Gasteiger charge is -2.35. The fourth-order valence-electron chi connectivity index (χ4n) is 3.35. The van der Waals surface area contributed by atoms with E-state index in [-0.39, 0.29) is 33.3 Å². The minimum absolute atomic E-state index is 0.0191. The number of aliphatic imine (C=N–C) groups is 1. The number of hydrogen-bond acceptors (Lipinski definition) is 7. The number of amides is 1. The third-order valence-electron chi connectivity index (χ3n) is 4.88. The average molecular weight is 500 g/mol. The van der Waals surface area contributed by atoms with Gasteiger partial charge in [-0.15, -0.1) is 0 Å². The number of hydrogen-bond donors (Lipinski definition) is 4. The molecule has 1 aromatic heterocycles. The molecule has 3 rings (SSSR count).